The molecule has 0 radical (unpaired) electrons. The van der Waals surface area contributed by atoms with E-state index in [-0.39, 0.29) is 0 Å². The van der Waals surface area contributed by atoms with E-state index in [1.165, 1.54) is 29.2 Å². The molecule has 1 aliphatic heterocycles. The minimum atomic E-state index is 0.419. The van der Waals surface area contributed by atoms with Crippen LogP contribution in [0.25, 0.3) is 0 Å². The van der Waals surface area contributed by atoms with Crippen molar-refractivity contribution in [3.63, 3.8) is 0 Å². The highest BCUT2D eigenvalue weighted by molar-refractivity contribution is 7.99. The molecule has 3 nitrogen and oxygen atoms in total. The molecule has 1 fully saturated rings. The van der Waals surface area contributed by atoms with Crippen LogP contribution in [0.1, 0.15) is 30.6 Å². The molecule has 0 amide bonds. The number of rotatable bonds is 3. The van der Waals surface area contributed by atoms with Gasteiger partial charge in [0, 0.05) is 36.1 Å². The zero-order valence-electron chi connectivity index (χ0n) is 9.66. The highest BCUT2D eigenvalue weighted by Gasteiger charge is 2.19. The van der Waals surface area contributed by atoms with E-state index >= 15 is 0 Å². The second kappa shape index (κ2) is 4.58. The molecular weight excluding hydrogens is 206 g/mol. The largest absolute Gasteiger partial charge is 0.306 e. The van der Waals surface area contributed by atoms with Crippen LogP contribution in [0.3, 0.4) is 0 Å². The average Bonchev–Trinajstić information content (AvgIpc) is 2.79. The van der Waals surface area contributed by atoms with Crippen molar-refractivity contribution in [1.29, 1.82) is 0 Å². The van der Waals surface area contributed by atoms with Gasteiger partial charge < -0.3 is 5.32 Å². The van der Waals surface area contributed by atoms with Gasteiger partial charge >= 0.3 is 0 Å². The Balaban J connectivity index is 2.00. The predicted molar refractivity (Wildman–Crippen MR) is 65.2 cm³/mol. The number of hydrogen-bond acceptors (Lipinski definition) is 3. The molecule has 2 unspecified atom stereocenters. The Bertz CT molecular complexity index is 329. The maximum absolute atomic E-state index is 4.28. The first-order valence-electron chi connectivity index (χ1n) is 5.50. The van der Waals surface area contributed by atoms with Crippen LogP contribution in [-0.2, 0) is 7.05 Å². The molecule has 15 heavy (non-hydrogen) atoms. The quantitative estimate of drug-likeness (QED) is 0.852. The van der Waals surface area contributed by atoms with Crippen LogP contribution in [0.5, 0.6) is 0 Å². The Morgan fingerprint density at radius 2 is 2.47 bits per heavy atom. The van der Waals surface area contributed by atoms with E-state index in [0.717, 1.165) is 0 Å². The number of nitrogens with zero attached hydrogens (tertiary/aromatic N) is 2. The predicted octanol–water partition coefficient (Wildman–Crippen LogP) is 1.88. The van der Waals surface area contributed by atoms with Gasteiger partial charge in [0.2, 0.25) is 0 Å². The lowest BCUT2D eigenvalue weighted by atomic mass is 10.1. The van der Waals surface area contributed by atoms with Crippen molar-refractivity contribution in [3.05, 3.63) is 17.5 Å². The first kappa shape index (κ1) is 11.0. The van der Waals surface area contributed by atoms with Crippen LogP contribution in [0.2, 0.25) is 0 Å². The molecule has 1 aromatic rings. The number of aromatic nitrogens is 2. The lowest BCUT2D eigenvalue weighted by molar-refractivity contribution is 0.484. The molecule has 1 N–H and O–H groups in total. The van der Waals surface area contributed by atoms with Crippen LogP contribution in [0.15, 0.2) is 6.20 Å². The topological polar surface area (TPSA) is 29.9 Å². The molecule has 1 aliphatic rings. The Morgan fingerprint density at radius 1 is 1.67 bits per heavy atom. The van der Waals surface area contributed by atoms with Crippen molar-refractivity contribution in [2.75, 3.05) is 11.5 Å². The zero-order valence-corrected chi connectivity index (χ0v) is 10.5. The van der Waals surface area contributed by atoms with Crippen LogP contribution in [-0.4, -0.2) is 27.3 Å². The van der Waals surface area contributed by atoms with E-state index in [1.54, 1.807) is 0 Å². The van der Waals surface area contributed by atoms with Gasteiger partial charge in [0.15, 0.2) is 0 Å². The van der Waals surface area contributed by atoms with E-state index in [2.05, 4.69) is 24.3 Å². The van der Waals surface area contributed by atoms with Crippen molar-refractivity contribution >= 4 is 11.8 Å². The molecule has 2 atom stereocenters. The molecule has 1 aromatic heterocycles. The molecule has 0 aromatic carbocycles. The monoisotopic (exact) mass is 225 g/mol. The SMILES string of the molecule is Cc1c(C(C)NC2CCSC2)cnn1C. The lowest BCUT2D eigenvalue weighted by Gasteiger charge is -2.18. The fourth-order valence-electron chi connectivity index (χ4n) is 2.05. The summed E-state index contributed by atoms with van der Waals surface area (Å²) in [5.74, 6) is 2.56. The normalized spacial score (nSPS) is 23.3. The summed E-state index contributed by atoms with van der Waals surface area (Å²) in [6, 6.07) is 1.10. The molecule has 0 aliphatic carbocycles. The third-order valence-corrected chi connectivity index (χ3v) is 4.32. The highest BCUT2D eigenvalue weighted by Crippen LogP contribution is 2.22. The molecule has 0 saturated carbocycles. The van der Waals surface area contributed by atoms with Gasteiger partial charge in [-0.1, -0.05) is 0 Å². The Kier molecular flexibility index (Phi) is 3.36. The van der Waals surface area contributed by atoms with Crippen molar-refractivity contribution in [3.8, 4) is 0 Å². The summed E-state index contributed by atoms with van der Waals surface area (Å²) >= 11 is 2.05. The summed E-state index contributed by atoms with van der Waals surface area (Å²) in [5, 5.41) is 7.96. The van der Waals surface area contributed by atoms with Gasteiger partial charge in [-0.05, 0) is 26.0 Å². The van der Waals surface area contributed by atoms with E-state index in [9.17, 15) is 0 Å². The van der Waals surface area contributed by atoms with E-state index in [1.807, 2.05) is 29.7 Å². The molecule has 4 heteroatoms. The summed E-state index contributed by atoms with van der Waals surface area (Å²) in [7, 11) is 2.00. The van der Waals surface area contributed by atoms with Crippen LogP contribution in [0, 0.1) is 6.92 Å². The highest BCUT2D eigenvalue weighted by atomic mass is 32.2. The van der Waals surface area contributed by atoms with E-state index < -0.39 is 0 Å². The molecule has 84 valence electrons. The number of thioether (sulfide) groups is 1. The summed E-state index contributed by atoms with van der Waals surface area (Å²) in [6.07, 6.45) is 3.28. The smallest absolute Gasteiger partial charge is 0.0540 e. The maximum Gasteiger partial charge on any atom is 0.0540 e. The molecule has 1 saturated heterocycles. The zero-order chi connectivity index (χ0) is 10.8. The summed E-state index contributed by atoms with van der Waals surface area (Å²) in [5.41, 5.74) is 2.59. The standard InChI is InChI=1S/C11H19N3S/c1-8(13-10-4-5-15-7-10)11-6-12-14(3)9(11)2/h6,8,10,13H,4-5,7H2,1-3H3. The average molecular weight is 225 g/mol. The lowest BCUT2D eigenvalue weighted by Crippen LogP contribution is -2.31. The van der Waals surface area contributed by atoms with E-state index in [4.69, 9.17) is 0 Å². The number of nitrogens with one attached hydrogen (secondary N) is 1. The van der Waals surface area contributed by atoms with Gasteiger partial charge in [0.05, 0.1) is 6.20 Å². The van der Waals surface area contributed by atoms with E-state index in [0.29, 0.717) is 12.1 Å². The van der Waals surface area contributed by atoms with Crippen LogP contribution >= 0.6 is 11.8 Å². The van der Waals surface area contributed by atoms with Crippen molar-refractivity contribution in [2.24, 2.45) is 7.05 Å². The van der Waals surface area contributed by atoms with Crippen molar-refractivity contribution in [1.82, 2.24) is 15.1 Å². The minimum absolute atomic E-state index is 0.419. The Hall–Kier alpha value is -0.480. The van der Waals surface area contributed by atoms with Crippen LogP contribution in [0.4, 0.5) is 0 Å². The summed E-state index contributed by atoms with van der Waals surface area (Å²) < 4.78 is 1.94. The fourth-order valence-corrected chi connectivity index (χ4v) is 3.22. The second-order valence-electron chi connectivity index (χ2n) is 4.26. The minimum Gasteiger partial charge on any atom is -0.306 e. The van der Waals surface area contributed by atoms with Crippen molar-refractivity contribution < 1.29 is 0 Å². The third kappa shape index (κ3) is 2.37. The maximum atomic E-state index is 4.28. The van der Waals surface area contributed by atoms with Gasteiger partial charge in [-0.3, -0.25) is 4.68 Å². The first-order valence-corrected chi connectivity index (χ1v) is 6.66. The summed E-state index contributed by atoms with van der Waals surface area (Å²) in [6.45, 7) is 4.36. The van der Waals surface area contributed by atoms with Gasteiger partial charge in [0.1, 0.15) is 0 Å². The molecular formula is C11H19N3S. The number of hydrogen-bond donors (Lipinski definition) is 1. The second-order valence-corrected chi connectivity index (χ2v) is 5.41. The molecule has 2 rings (SSSR count). The number of aryl methyl sites for hydroxylation is 1. The first-order chi connectivity index (χ1) is 7.18. The van der Waals surface area contributed by atoms with Gasteiger partial charge in [-0.2, -0.15) is 16.9 Å². The van der Waals surface area contributed by atoms with Gasteiger partial charge in [-0.25, -0.2) is 0 Å². The summed E-state index contributed by atoms with van der Waals surface area (Å²) in [4.78, 5) is 0. The van der Waals surface area contributed by atoms with Gasteiger partial charge in [0.25, 0.3) is 0 Å². The van der Waals surface area contributed by atoms with Crippen LogP contribution < -0.4 is 5.32 Å². The molecule has 0 spiro atoms. The fraction of sp³-hybridized carbons (Fsp3) is 0.727. The Labute approximate surface area is 95.6 Å². The van der Waals surface area contributed by atoms with Crippen molar-refractivity contribution in [2.45, 2.75) is 32.4 Å². The molecule has 0 bridgehead atoms. The Morgan fingerprint density at radius 3 is 3.00 bits per heavy atom. The molecule has 2 heterocycles. The van der Waals surface area contributed by atoms with Gasteiger partial charge in [-0.15, -0.1) is 0 Å². The third-order valence-electron chi connectivity index (χ3n) is 3.16.